The highest BCUT2D eigenvalue weighted by atomic mass is 32.1. The van der Waals surface area contributed by atoms with E-state index in [4.69, 9.17) is 4.74 Å². The van der Waals surface area contributed by atoms with Crippen molar-refractivity contribution in [2.45, 2.75) is 25.4 Å². The second-order valence-corrected chi connectivity index (χ2v) is 6.10. The van der Waals surface area contributed by atoms with E-state index in [0.29, 0.717) is 24.0 Å². The Morgan fingerprint density at radius 1 is 1.33 bits per heavy atom. The number of methoxy groups -OCH3 is 1. The average Bonchev–Trinajstić information content (AvgIpc) is 3.21. The number of carbonyl (C=O) groups is 1. The van der Waals surface area contributed by atoms with Crippen LogP contribution in [0.5, 0.6) is 5.75 Å². The molecule has 0 atom stereocenters. The number of nitrogens with zero attached hydrogens (tertiary/aromatic N) is 1. The number of nitrogens with one attached hydrogen (secondary N) is 1. The van der Waals surface area contributed by atoms with Crippen LogP contribution in [-0.2, 0) is 6.54 Å². The Morgan fingerprint density at radius 3 is 2.81 bits per heavy atom. The lowest BCUT2D eigenvalue weighted by molar-refractivity contribution is 0.206. The predicted molar refractivity (Wildman–Crippen MR) is 84.9 cm³/mol. The number of rotatable bonds is 5. The van der Waals surface area contributed by atoms with Crippen LogP contribution in [0.15, 0.2) is 41.8 Å². The van der Waals surface area contributed by atoms with Crippen molar-refractivity contribution in [3.63, 3.8) is 0 Å². The Labute approximate surface area is 128 Å². The van der Waals surface area contributed by atoms with Crippen molar-refractivity contribution in [2.75, 3.05) is 12.4 Å². The lowest BCUT2D eigenvalue weighted by Gasteiger charge is -2.22. The van der Waals surface area contributed by atoms with Crippen molar-refractivity contribution in [3.05, 3.63) is 46.7 Å². The van der Waals surface area contributed by atoms with Gasteiger partial charge in [0, 0.05) is 10.9 Å². The molecule has 1 fully saturated rings. The fourth-order valence-electron chi connectivity index (χ4n) is 2.26. The summed E-state index contributed by atoms with van der Waals surface area (Å²) >= 11 is 1.68. The predicted octanol–water partition coefficient (Wildman–Crippen LogP) is 3.95. The number of amides is 2. The number of urea groups is 1. The van der Waals surface area contributed by atoms with Crippen molar-refractivity contribution in [1.82, 2.24) is 4.90 Å². The molecule has 5 heteroatoms. The lowest BCUT2D eigenvalue weighted by atomic mass is 10.3. The van der Waals surface area contributed by atoms with E-state index in [0.717, 1.165) is 12.8 Å². The Kier molecular flexibility index (Phi) is 4.10. The third-order valence-electron chi connectivity index (χ3n) is 3.50. The summed E-state index contributed by atoms with van der Waals surface area (Å²) < 4.78 is 5.28. The van der Waals surface area contributed by atoms with Crippen molar-refractivity contribution in [2.24, 2.45) is 0 Å². The molecule has 1 saturated carbocycles. The SMILES string of the molecule is COc1ccccc1NC(=O)N(Cc1cccs1)C1CC1. The summed E-state index contributed by atoms with van der Waals surface area (Å²) in [5.74, 6) is 0.678. The van der Waals surface area contributed by atoms with Gasteiger partial charge in [-0.1, -0.05) is 18.2 Å². The maximum atomic E-state index is 12.6. The maximum Gasteiger partial charge on any atom is 0.322 e. The number of carbonyl (C=O) groups excluding carboxylic acids is 1. The molecule has 0 bridgehead atoms. The molecular formula is C16H18N2O2S. The zero-order chi connectivity index (χ0) is 14.7. The van der Waals surface area contributed by atoms with E-state index in [1.165, 1.54) is 4.88 Å². The van der Waals surface area contributed by atoms with Crippen LogP contribution in [0.3, 0.4) is 0 Å². The maximum absolute atomic E-state index is 12.6. The Morgan fingerprint density at radius 2 is 2.14 bits per heavy atom. The first-order valence-electron chi connectivity index (χ1n) is 7.01. The quantitative estimate of drug-likeness (QED) is 0.908. The van der Waals surface area contributed by atoms with Crippen LogP contribution in [-0.4, -0.2) is 24.1 Å². The molecule has 1 heterocycles. The van der Waals surface area contributed by atoms with Crippen molar-refractivity contribution < 1.29 is 9.53 Å². The zero-order valence-electron chi connectivity index (χ0n) is 11.9. The number of ether oxygens (including phenoxy) is 1. The minimum absolute atomic E-state index is 0.0598. The number of benzene rings is 1. The monoisotopic (exact) mass is 302 g/mol. The summed E-state index contributed by atoms with van der Waals surface area (Å²) in [6, 6.07) is 11.9. The van der Waals surface area contributed by atoms with E-state index in [1.54, 1.807) is 18.4 Å². The van der Waals surface area contributed by atoms with Crippen molar-refractivity contribution in [1.29, 1.82) is 0 Å². The van der Waals surface area contributed by atoms with Crippen LogP contribution in [0.1, 0.15) is 17.7 Å². The van der Waals surface area contributed by atoms with Gasteiger partial charge < -0.3 is 15.0 Å². The Hall–Kier alpha value is -2.01. The van der Waals surface area contributed by atoms with Gasteiger partial charge in [0.15, 0.2) is 0 Å². The summed E-state index contributed by atoms with van der Waals surface area (Å²) in [6.07, 6.45) is 2.18. The Bertz CT molecular complexity index is 608. The third-order valence-corrected chi connectivity index (χ3v) is 4.36. The first kappa shape index (κ1) is 13.9. The second-order valence-electron chi connectivity index (χ2n) is 5.07. The number of hydrogen-bond donors (Lipinski definition) is 1. The van der Waals surface area contributed by atoms with E-state index in [1.807, 2.05) is 40.6 Å². The molecule has 3 rings (SSSR count). The lowest BCUT2D eigenvalue weighted by Crippen LogP contribution is -2.36. The minimum atomic E-state index is -0.0598. The highest BCUT2D eigenvalue weighted by molar-refractivity contribution is 7.09. The van der Waals surface area contributed by atoms with E-state index >= 15 is 0 Å². The number of thiophene rings is 1. The molecule has 0 radical (unpaired) electrons. The van der Waals surface area contributed by atoms with E-state index in [-0.39, 0.29) is 6.03 Å². The van der Waals surface area contributed by atoms with Gasteiger partial charge in [0.05, 0.1) is 19.3 Å². The average molecular weight is 302 g/mol. The van der Waals surface area contributed by atoms with E-state index in [2.05, 4.69) is 11.4 Å². The van der Waals surface area contributed by atoms with Gasteiger partial charge in [-0.3, -0.25) is 0 Å². The van der Waals surface area contributed by atoms with Crippen LogP contribution in [0, 0.1) is 0 Å². The third kappa shape index (κ3) is 3.36. The summed E-state index contributed by atoms with van der Waals surface area (Å²) in [4.78, 5) is 15.7. The molecule has 1 N–H and O–H groups in total. The standard InChI is InChI=1S/C16H18N2O2S/c1-20-15-7-3-2-6-14(15)17-16(19)18(12-8-9-12)11-13-5-4-10-21-13/h2-7,10,12H,8-9,11H2,1H3,(H,17,19). The van der Waals surface area contributed by atoms with Gasteiger partial charge in [0.2, 0.25) is 0 Å². The molecule has 1 aromatic heterocycles. The number of hydrogen-bond acceptors (Lipinski definition) is 3. The summed E-state index contributed by atoms with van der Waals surface area (Å²) in [6.45, 7) is 0.670. The summed E-state index contributed by atoms with van der Waals surface area (Å²) in [5.41, 5.74) is 0.710. The van der Waals surface area contributed by atoms with Crippen LogP contribution >= 0.6 is 11.3 Å². The van der Waals surface area contributed by atoms with Crippen LogP contribution < -0.4 is 10.1 Å². The molecule has 4 nitrogen and oxygen atoms in total. The first-order chi connectivity index (χ1) is 10.3. The fourth-order valence-corrected chi connectivity index (χ4v) is 2.96. The second kappa shape index (κ2) is 6.18. The van der Waals surface area contributed by atoms with Gasteiger partial charge in [-0.2, -0.15) is 0 Å². The van der Waals surface area contributed by atoms with Crippen LogP contribution in [0.25, 0.3) is 0 Å². The zero-order valence-corrected chi connectivity index (χ0v) is 12.7. The van der Waals surface area contributed by atoms with Gasteiger partial charge in [0.1, 0.15) is 5.75 Å². The summed E-state index contributed by atoms with van der Waals surface area (Å²) in [7, 11) is 1.61. The molecular weight excluding hydrogens is 284 g/mol. The van der Waals surface area contributed by atoms with Gasteiger partial charge in [-0.05, 0) is 36.4 Å². The van der Waals surface area contributed by atoms with Crippen LogP contribution in [0.4, 0.5) is 10.5 Å². The Balaban J connectivity index is 1.72. The molecule has 2 amide bonds. The molecule has 21 heavy (non-hydrogen) atoms. The first-order valence-corrected chi connectivity index (χ1v) is 7.89. The van der Waals surface area contributed by atoms with Gasteiger partial charge in [0.25, 0.3) is 0 Å². The van der Waals surface area contributed by atoms with Crippen molar-refractivity contribution >= 4 is 23.1 Å². The van der Waals surface area contributed by atoms with E-state index in [9.17, 15) is 4.79 Å². The highest BCUT2D eigenvalue weighted by Gasteiger charge is 2.33. The fraction of sp³-hybridized carbons (Fsp3) is 0.312. The molecule has 0 spiro atoms. The molecule has 1 aliphatic carbocycles. The largest absolute Gasteiger partial charge is 0.495 e. The number of anilines is 1. The minimum Gasteiger partial charge on any atom is -0.495 e. The molecule has 2 aromatic rings. The van der Waals surface area contributed by atoms with Crippen LogP contribution in [0.2, 0.25) is 0 Å². The molecule has 1 aliphatic rings. The van der Waals surface area contributed by atoms with Gasteiger partial charge in [-0.15, -0.1) is 11.3 Å². The number of para-hydroxylation sites is 2. The molecule has 0 unspecified atom stereocenters. The van der Waals surface area contributed by atoms with Gasteiger partial charge in [-0.25, -0.2) is 4.79 Å². The molecule has 0 saturated heterocycles. The van der Waals surface area contributed by atoms with Gasteiger partial charge >= 0.3 is 6.03 Å². The van der Waals surface area contributed by atoms with E-state index < -0.39 is 0 Å². The molecule has 0 aliphatic heterocycles. The summed E-state index contributed by atoms with van der Waals surface area (Å²) in [5, 5.41) is 5.00. The molecule has 1 aromatic carbocycles. The van der Waals surface area contributed by atoms with Crippen molar-refractivity contribution in [3.8, 4) is 5.75 Å². The normalized spacial score (nSPS) is 13.8. The molecule has 110 valence electrons. The topological polar surface area (TPSA) is 41.6 Å². The highest BCUT2D eigenvalue weighted by Crippen LogP contribution is 2.31. The smallest absolute Gasteiger partial charge is 0.322 e.